The van der Waals surface area contributed by atoms with E-state index >= 15 is 0 Å². The number of hydrogen-bond acceptors (Lipinski definition) is 13. The molecule has 1 fully saturated rings. The van der Waals surface area contributed by atoms with Crippen molar-refractivity contribution in [2.45, 2.75) is 31.8 Å². The fourth-order valence-electron chi connectivity index (χ4n) is 7.48. The number of aromatic nitrogens is 6. The van der Waals surface area contributed by atoms with Gasteiger partial charge in [0.25, 0.3) is 5.91 Å². The summed E-state index contributed by atoms with van der Waals surface area (Å²) in [5.41, 5.74) is -0.382. The minimum Gasteiger partial charge on any atom is -0.497 e. The molecule has 4 aromatic heterocycles. The zero-order valence-corrected chi connectivity index (χ0v) is 34.4. The number of alkyl halides is 6. The van der Waals surface area contributed by atoms with E-state index in [1.54, 1.807) is 60.7 Å². The lowest BCUT2D eigenvalue weighted by atomic mass is 9.94. The zero-order chi connectivity index (χ0) is 47.6. The Morgan fingerprint density at radius 2 is 1.22 bits per heavy atom. The van der Waals surface area contributed by atoms with Crippen molar-refractivity contribution in [2.75, 3.05) is 14.2 Å². The number of hydrogen-bond donors (Lipinski definition) is 2. The van der Waals surface area contributed by atoms with E-state index in [1.807, 2.05) is 0 Å². The van der Waals surface area contributed by atoms with Gasteiger partial charge in [0.05, 0.1) is 53.6 Å². The molecule has 0 unspecified atom stereocenters. The summed E-state index contributed by atoms with van der Waals surface area (Å²) >= 11 is 0. The first-order valence-electron chi connectivity index (χ1n) is 19.4. The van der Waals surface area contributed by atoms with Crippen molar-refractivity contribution < 1.29 is 68.7 Å². The average molecular weight is 934 g/mol. The number of carbonyl (C=O) groups is 2. The summed E-state index contributed by atoms with van der Waals surface area (Å²) in [5, 5.41) is 11.1. The third-order valence-electron chi connectivity index (χ3n) is 10.5. The molecule has 2 amide bonds. The Balaban J connectivity index is 0.000000186. The van der Waals surface area contributed by atoms with Crippen LogP contribution in [0.3, 0.4) is 0 Å². The van der Waals surface area contributed by atoms with Crippen LogP contribution >= 0.6 is 0 Å². The second kappa shape index (κ2) is 16.1. The number of cyclic esters (lactones) is 1. The molecule has 344 valence electrons. The molecule has 24 heteroatoms. The van der Waals surface area contributed by atoms with Gasteiger partial charge < -0.3 is 37.7 Å². The van der Waals surface area contributed by atoms with Crippen molar-refractivity contribution >= 4 is 56.0 Å². The molecule has 1 saturated heterocycles. The number of aromatic amines is 1. The number of amides is 2. The van der Waals surface area contributed by atoms with Gasteiger partial charge in [-0.05, 0) is 67.1 Å². The minimum absolute atomic E-state index is 0.114. The van der Waals surface area contributed by atoms with Gasteiger partial charge in [0.1, 0.15) is 23.0 Å². The van der Waals surface area contributed by atoms with E-state index in [4.69, 9.17) is 23.3 Å². The molecule has 0 bridgehead atoms. The number of methoxy groups -OCH3 is 2. The van der Waals surface area contributed by atoms with Crippen LogP contribution in [-0.2, 0) is 21.7 Å². The Morgan fingerprint density at radius 3 is 1.79 bits per heavy atom. The number of fused-ring (bicyclic) bond motifs is 4. The second-order valence-corrected chi connectivity index (χ2v) is 14.7. The lowest BCUT2D eigenvalue weighted by Crippen LogP contribution is -2.33. The van der Waals surface area contributed by atoms with E-state index in [2.05, 4.69) is 30.1 Å². The lowest BCUT2D eigenvalue weighted by molar-refractivity contribution is -0.275. The Hall–Kier alpha value is -8.70. The highest BCUT2D eigenvalue weighted by Gasteiger charge is 2.46. The van der Waals surface area contributed by atoms with E-state index in [1.165, 1.54) is 47.0 Å². The molecule has 0 saturated carbocycles. The molecule has 5 heterocycles. The molecule has 5 aromatic carbocycles. The number of rotatable bonds is 9. The van der Waals surface area contributed by atoms with Gasteiger partial charge in [0.15, 0.2) is 22.8 Å². The molecule has 2 N–H and O–H groups in total. The molecule has 9 aromatic rings. The minimum atomic E-state index is -4.95. The Morgan fingerprint density at radius 1 is 0.657 bits per heavy atom. The molecule has 1 aliphatic heterocycles. The molecule has 0 radical (unpaired) electrons. The molecule has 0 aliphatic carbocycles. The van der Waals surface area contributed by atoms with Gasteiger partial charge in [-0.2, -0.15) is 0 Å². The lowest BCUT2D eigenvalue weighted by Gasteiger charge is -2.20. The summed E-state index contributed by atoms with van der Waals surface area (Å²) < 4.78 is 114. The SMILES string of the molecule is COc1ccc2c(-n3c(=O)[nH]c4cc(OC(F)(F)F)ccc43)noc2c1.COc1ccc2c(-n3c(=O)n(Cc4cccc([C@@]5(C)OC(=O)NC5=O)c4)c4cc(OC(F)(F)F)ccc43)noc2c1. The molecule has 0 spiro atoms. The number of nitrogens with zero attached hydrogens (tertiary/aromatic N) is 5. The van der Waals surface area contributed by atoms with Crippen LogP contribution in [0.1, 0.15) is 18.1 Å². The standard InChI is InChI=1S/C27H19F3N4O7.C16H10F3N3O4/c1-26(23(35)31-24(36)40-26)15-5-3-4-14(10-15)13-33-20-11-17(39-27(28,29)30)7-9-19(20)34(25(33)37)22-18-8-6-16(38-2)12-21(18)41-32-22;1-24-8-2-4-10-13(7-8)26-21-14(10)22-12-5-3-9(25-16(17,18)19)6-11(12)20-15(22)23/h3-12H,13H2,1-2H3,(H,31,35,36);2-7H,1H3,(H,20,23)/t26-;/m1./s1. The van der Waals surface area contributed by atoms with Gasteiger partial charge in [0, 0.05) is 29.8 Å². The maximum atomic E-state index is 13.9. The molecule has 10 rings (SSSR count). The first-order chi connectivity index (χ1) is 31.8. The third kappa shape index (κ3) is 8.19. The van der Waals surface area contributed by atoms with E-state index in [0.717, 1.165) is 24.3 Å². The average Bonchev–Trinajstić information content (AvgIpc) is 4.07. The number of H-pyrrole nitrogens is 1. The van der Waals surface area contributed by atoms with E-state index in [0.29, 0.717) is 50.1 Å². The smallest absolute Gasteiger partial charge is 0.497 e. The third-order valence-corrected chi connectivity index (χ3v) is 10.5. The normalized spacial score (nSPS) is 15.2. The number of imidazole rings is 2. The highest BCUT2D eigenvalue weighted by atomic mass is 19.4. The van der Waals surface area contributed by atoms with Crippen molar-refractivity contribution in [1.29, 1.82) is 0 Å². The molecular weight excluding hydrogens is 904 g/mol. The summed E-state index contributed by atoms with van der Waals surface area (Å²) in [5.74, 6) is -0.230. The molecular formula is C43H29F6N7O11. The van der Waals surface area contributed by atoms with E-state index in [-0.39, 0.29) is 34.7 Å². The van der Waals surface area contributed by atoms with Gasteiger partial charge in [-0.15, -0.1) is 26.3 Å². The molecule has 67 heavy (non-hydrogen) atoms. The molecule has 1 aliphatic rings. The predicted molar refractivity (Wildman–Crippen MR) is 221 cm³/mol. The van der Waals surface area contributed by atoms with Crippen molar-refractivity contribution in [3.05, 3.63) is 129 Å². The summed E-state index contributed by atoms with van der Waals surface area (Å²) in [7, 11) is 2.98. The topological polar surface area (TPSA) is 209 Å². The van der Waals surface area contributed by atoms with Gasteiger partial charge in [-0.1, -0.05) is 28.5 Å². The Bertz CT molecular complexity index is 3550. The number of imide groups is 1. The first kappa shape index (κ1) is 43.5. The number of halogens is 6. The van der Waals surface area contributed by atoms with Crippen molar-refractivity contribution in [2.24, 2.45) is 0 Å². The zero-order valence-electron chi connectivity index (χ0n) is 34.4. The predicted octanol–water partition coefficient (Wildman–Crippen LogP) is 7.74. The number of nitrogens with one attached hydrogen (secondary N) is 2. The van der Waals surface area contributed by atoms with E-state index in [9.17, 15) is 45.5 Å². The van der Waals surface area contributed by atoms with Crippen LogP contribution in [0.25, 0.3) is 55.6 Å². The number of benzene rings is 5. The van der Waals surface area contributed by atoms with E-state index < -0.39 is 53.2 Å². The van der Waals surface area contributed by atoms with Gasteiger partial charge in [0.2, 0.25) is 5.60 Å². The number of carbonyl (C=O) groups excluding carboxylic acids is 2. The van der Waals surface area contributed by atoms with Crippen molar-refractivity contribution in [3.63, 3.8) is 0 Å². The van der Waals surface area contributed by atoms with Crippen LogP contribution in [0, 0.1) is 0 Å². The van der Waals surface area contributed by atoms with Crippen LogP contribution in [0.2, 0.25) is 0 Å². The fourth-order valence-corrected chi connectivity index (χ4v) is 7.48. The van der Waals surface area contributed by atoms with Crippen LogP contribution in [0.15, 0.2) is 116 Å². The van der Waals surface area contributed by atoms with Crippen molar-refractivity contribution in [3.8, 4) is 34.6 Å². The quantitative estimate of drug-likeness (QED) is 0.133. The maximum Gasteiger partial charge on any atom is 0.573 e. The largest absolute Gasteiger partial charge is 0.573 e. The van der Waals surface area contributed by atoms with Gasteiger partial charge in [-0.3, -0.25) is 14.7 Å². The van der Waals surface area contributed by atoms with Crippen LogP contribution in [0.5, 0.6) is 23.0 Å². The monoisotopic (exact) mass is 933 g/mol. The summed E-state index contributed by atoms with van der Waals surface area (Å²) in [6.07, 6.45) is -10.7. The summed E-state index contributed by atoms with van der Waals surface area (Å²) in [6, 6.07) is 23.3. The highest BCUT2D eigenvalue weighted by molar-refractivity contribution is 6.03. The number of ether oxygens (including phenoxy) is 5. The summed E-state index contributed by atoms with van der Waals surface area (Å²) in [6.45, 7) is 1.30. The van der Waals surface area contributed by atoms with Crippen LogP contribution in [-0.4, -0.2) is 67.9 Å². The Labute approximate surface area is 368 Å². The summed E-state index contributed by atoms with van der Waals surface area (Å²) in [4.78, 5) is 52.8. The fraction of sp³-hybridized carbons (Fsp3) is 0.163. The van der Waals surface area contributed by atoms with Gasteiger partial charge >= 0.3 is 30.2 Å². The van der Waals surface area contributed by atoms with Crippen LogP contribution in [0.4, 0.5) is 31.1 Å². The Kier molecular flexibility index (Phi) is 10.4. The molecule has 1 atom stereocenters. The molecule has 18 nitrogen and oxygen atoms in total. The second-order valence-electron chi connectivity index (χ2n) is 14.7. The maximum absolute atomic E-state index is 13.9. The van der Waals surface area contributed by atoms with Gasteiger partial charge in [-0.25, -0.2) is 23.5 Å². The van der Waals surface area contributed by atoms with Crippen molar-refractivity contribution in [1.82, 2.24) is 34.3 Å². The highest BCUT2D eigenvalue weighted by Crippen LogP contribution is 2.34. The first-order valence-corrected chi connectivity index (χ1v) is 19.4. The van der Waals surface area contributed by atoms with Crippen LogP contribution < -0.4 is 35.6 Å². The number of alkyl carbamates (subject to hydrolysis) is 1.